The molecule has 0 radical (unpaired) electrons. The van der Waals surface area contributed by atoms with Crippen molar-refractivity contribution in [3.8, 4) is 0 Å². The van der Waals surface area contributed by atoms with Crippen LogP contribution in [-0.4, -0.2) is 37.0 Å². The van der Waals surface area contributed by atoms with Gasteiger partial charge in [0.15, 0.2) is 0 Å². The molecule has 2 aliphatic rings. The summed E-state index contributed by atoms with van der Waals surface area (Å²) in [6, 6.07) is 15.5. The zero-order valence-electron chi connectivity index (χ0n) is 14.1. The van der Waals surface area contributed by atoms with Crippen molar-refractivity contribution in [3.63, 3.8) is 0 Å². The lowest BCUT2D eigenvalue weighted by atomic mass is 10.0. The predicted molar refractivity (Wildman–Crippen MR) is 101 cm³/mol. The molecule has 24 heavy (non-hydrogen) atoms. The van der Waals surface area contributed by atoms with E-state index in [1.54, 1.807) is 0 Å². The fraction of sp³-hybridized carbons (Fsp3) is 0.450. The quantitative estimate of drug-likeness (QED) is 0.923. The number of carbonyl (C=O) groups is 1. The standard InChI is InChI=1S/C20H24N2O.ClH/c1-22(17-8-10-21-11-9-17)20(23)19-13-18(19)16-7-6-14-4-2-3-5-15(14)12-16;/h2-7,12,17-19,21H,8-11,13H2,1H3;1H. The highest BCUT2D eigenvalue weighted by Crippen LogP contribution is 2.49. The normalized spacial score (nSPS) is 23.5. The summed E-state index contributed by atoms with van der Waals surface area (Å²) in [5, 5.41) is 5.91. The van der Waals surface area contributed by atoms with E-state index in [9.17, 15) is 4.79 Å². The maximum absolute atomic E-state index is 12.8. The fourth-order valence-corrected chi connectivity index (χ4v) is 3.91. The van der Waals surface area contributed by atoms with Crippen molar-refractivity contribution in [1.82, 2.24) is 10.2 Å². The monoisotopic (exact) mass is 344 g/mol. The molecule has 128 valence electrons. The van der Waals surface area contributed by atoms with Crippen molar-refractivity contribution in [2.75, 3.05) is 20.1 Å². The number of carbonyl (C=O) groups excluding carboxylic acids is 1. The Morgan fingerprint density at radius 3 is 2.54 bits per heavy atom. The number of halogens is 1. The van der Waals surface area contributed by atoms with Crippen molar-refractivity contribution in [3.05, 3.63) is 48.0 Å². The predicted octanol–water partition coefficient (Wildman–Crippen LogP) is 3.58. The fourth-order valence-electron chi connectivity index (χ4n) is 3.91. The first-order valence-corrected chi connectivity index (χ1v) is 8.70. The van der Waals surface area contributed by atoms with Crippen LogP contribution in [0.25, 0.3) is 10.8 Å². The van der Waals surface area contributed by atoms with Crippen LogP contribution in [-0.2, 0) is 4.79 Å². The van der Waals surface area contributed by atoms with Gasteiger partial charge in [0, 0.05) is 19.0 Å². The van der Waals surface area contributed by atoms with Crippen LogP contribution in [0.4, 0.5) is 0 Å². The Hall–Kier alpha value is -1.58. The lowest BCUT2D eigenvalue weighted by molar-refractivity contribution is -0.133. The second-order valence-corrected chi connectivity index (χ2v) is 6.99. The molecule has 0 aromatic heterocycles. The Kier molecular flexibility index (Phi) is 5.12. The summed E-state index contributed by atoms with van der Waals surface area (Å²) in [5.41, 5.74) is 1.32. The summed E-state index contributed by atoms with van der Waals surface area (Å²) >= 11 is 0. The molecule has 1 aliphatic heterocycles. The molecular formula is C20H25ClN2O. The van der Waals surface area contributed by atoms with Crippen molar-refractivity contribution in [2.45, 2.75) is 31.2 Å². The van der Waals surface area contributed by atoms with Gasteiger partial charge in [0.1, 0.15) is 0 Å². The van der Waals surface area contributed by atoms with E-state index < -0.39 is 0 Å². The summed E-state index contributed by atoms with van der Waals surface area (Å²) in [7, 11) is 1.99. The molecule has 1 N–H and O–H groups in total. The van der Waals surface area contributed by atoms with Crippen LogP contribution in [0.5, 0.6) is 0 Å². The first-order valence-electron chi connectivity index (χ1n) is 8.70. The number of fused-ring (bicyclic) bond motifs is 1. The summed E-state index contributed by atoms with van der Waals surface area (Å²) < 4.78 is 0. The SMILES string of the molecule is CN(C(=O)C1CC1c1ccc2ccccc2c1)C1CCNCC1.Cl. The second-order valence-electron chi connectivity index (χ2n) is 6.99. The highest BCUT2D eigenvalue weighted by atomic mass is 35.5. The Labute approximate surface area is 149 Å². The molecule has 2 aromatic rings. The highest BCUT2D eigenvalue weighted by molar-refractivity contribution is 5.86. The van der Waals surface area contributed by atoms with Gasteiger partial charge in [-0.2, -0.15) is 0 Å². The molecule has 1 aliphatic carbocycles. The third-order valence-corrected chi connectivity index (χ3v) is 5.51. The number of piperidine rings is 1. The largest absolute Gasteiger partial charge is 0.342 e. The smallest absolute Gasteiger partial charge is 0.226 e. The molecule has 1 saturated heterocycles. The van der Waals surface area contributed by atoms with Gasteiger partial charge in [0.2, 0.25) is 5.91 Å². The zero-order valence-corrected chi connectivity index (χ0v) is 14.9. The summed E-state index contributed by atoms with van der Waals surface area (Å²) in [4.78, 5) is 14.8. The average molecular weight is 345 g/mol. The molecular weight excluding hydrogens is 320 g/mol. The van der Waals surface area contributed by atoms with Gasteiger partial charge in [-0.25, -0.2) is 0 Å². The second kappa shape index (κ2) is 7.12. The van der Waals surface area contributed by atoms with E-state index in [4.69, 9.17) is 0 Å². The summed E-state index contributed by atoms with van der Waals surface area (Å²) in [6.45, 7) is 2.06. The van der Waals surface area contributed by atoms with E-state index in [0.717, 1.165) is 32.4 Å². The van der Waals surface area contributed by atoms with Gasteiger partial charge in [-0.1, -0.05) is 42.5 Å². The van der Waals surface area contributed by atoms with E-state index in [-0.39, 0.29) is 18.3 Å². The zero-order chi connectivity index (χ0) is 15.8. The van der Waals surface area contributed by atoms with Crippen LogP contribution >= 0.6 is 12.4 Å². The van der Waals surface area contributed by atoms with Gasteiger partial charge >= 0.3 is 0 Å². The summed E-state index contributed by atoms with van der Waals surface area (Å²) in [5.74, 6) is 0.947. The minimum absolute atomic E-state index is 0. The van der Waals surface area contributed by atoms with Crippen LogP contribution in [0.2, 0.25) is 0 Å². The Bertz CT molecular complexity index is 726. The number of amides is 1. The first kappa shape index (κ1) is 17.2. The first-order chi connectivity index (χ1) is 11.2. The number of hydrogen-bond acceptors (Lipinski definition) is 2. The van der Waals surface area contributed by atoms with Crippen molar-refractivity contribution >= 4 is 29.1 Å². The van der Waals surface area contributed by atoms with Gasteiger partial charge in [-0.3, -0.25) is 4.79 Å². The maximum atomic E-state index is 12.8. The molecule has 2 unspecified atom stereocenters. The minimum atomic E-state index is 0. The molecule has 1 saturated carbocycles. The number of nitrogens with zero attached hydrogens (tertiary/aromatic N) is 1. The molecule has 2 aromatic carbocycles. The minimum Gasteiger partial charge on any atom is -0.342 e. The highest BCUT2D eigenvalue weighted by Gasteiger charge is 2.46. The number of nitrogens with one attached hydrogen (secondary N) is 1. The summed E-state index contributed by atoms with van der Waals surface area (Å²) in [6.07, 6.45) is 3.16. The number of benzene rings is 2. The molecule has 1 heterocycles. The van der Waals surface area contributed by atoms with E-state index in [1.165, 1.54) is 16.3 Å². The van der Waals surface area contributed by atoms with Crippen LogP contribution in [0.15, 0.2) is 42.5 Å². The average Bonchev–Trinajstić information content (AvgIpc) is 3.41. The molecule has 2 fully saturated rings. The topological polar surface area (TPSA) is 32.3 Å². The van der Waals surface area contributed by atoms with E-state index in [1.807, 2.05) is 11.9 Å². The molecule has 3 nitrogen and oxygen atoms in total. The van der Waals surface area contributed by atoms with Gasteiger partial charge in [-0.05, 0) is 54.6 Å². The Morgan fingerprint density at radius 2 is 1.79 bits per heavy atom. The third kappa shape index (κ3) is 3.28. The maximum Gasteiger partial charge on any atom is 0.226 e. The number of hydrogen-bond donors (Lipinski definition) is 1. The molecule has 0 bridgehead atoms. The van der Waals surface area contributed by atoms with Gasteiger partial charge in [0.05, 0.1) is 0 Å². The molecule has 0 spiro atoms. The van der Waals surface area contributed by atoms with Crippen LogP contribution in [0, 0.1) is 5.92 Å². The molecule has 2 atom stereocenters. The van der Waals surface area contributed by atoms with E-state index in [0.29, 0.717) is 17.9 Å². The number of rotatable bonds is 3. The van der Waals surface area contributed by atoms with Crippen LogP contribution in [0.1, 0.15) is 30.7 Å². The lowest BCUT2D eigenvalue weighted by Gasteiger charge is -2.32. The van der Waals surface area contributed by atoms with Crippen molar-refractivity contribution in [1.29, 1.82) is 0 Å². The van der Waals surface area contributed by atoms with Crippen molar-refractivity contribution < 1.29 is 4.79 Å². The van der Waals surface area contributed by atoms with Gasteiger partial charge < -0.3 is 10.2 Å². The van der Waals surface area contributed by atoms with Gasteiger partial charge in [0.25, 0.3) is 0 Å². The third-order valence-electron chi connectivity index (χ3n) is 5.51. The van der Waals surface area contributed by atoms with Gasteiger partial charge in [-0.15, -0.1) is 12.4 Å². The molecule has 4 heteroatoms. The Balaban J connectivity index is 0.00000169. The molecule has 4 rings (SSSR count). The van der Waals surface area contributed by atoms with E-state index >= 15 is 0 Å². The van der Waals surface area contributed by atoms with Crippen LogP contribution < -0.4 is 5.32 Å². The lowest BCUT2D eigenvalue weighted by Crippen LogP contribution is -2.44. The van der Waals surface area contributed by atoms with E-state index in [2.05, 4.69) is 47.8 Å². The Morgan fingerprint density at radius 1 is 1.08 bits per heavy atom. The molecule has 1 amide bonds. The van der Waals surface area contributed by atoms with Crippen LogP contribution in [0.3, 0.4) is 0 Å². The van der Waals surface area contributed by atoms with Crippen molar-refractivity contribution in [2.24, 2.45) is 5.92 Å².